The molecule has 2 aromatic rings. The van der Waals surface area contributed by atoms with E-state index in [1.54, 1.807) is 17.0 Å². The number of hydrogen-bond acceptors (Lipinski definition) is 6. The Morgan fingerprint density at radius 3 is 2.39 bits per heavy atom. The van der Waals surface area contributed by atoms with Gasteiger partial charge in [0.05, 0.1) is 34.0 Å². The molecule has 0 spiro atoms. The molecule has 0 aromatic heterocycles. The summed E-state index contributed by atoms with van der Waals surface area (Å²) in [6.45, 7) is 0.802. The minimum absolute atomic E-state index is 0.0355. The van der Waals surface area contributed by atoms with Crippen molar-refractivity contribution in [1.82, 2.24) is 9.21 Å². The van der Waals surface area contributed by atoms with E-state index in [0.717, 1.165) is 5.56 Å². The van der Waals surface area contributed by atoms with Crippen molar-refractivity contribution < 1.29 is 22.3 Å². The van der Waals surface area contributed by atoms with Gasteiger partial charge >= 0.3 is 0 Å². The summed E-state index contributed by atoms with van der Waals surface area (Å²) >= 11 is 0. The molecule has 0 radical (unpaired) electrons. The van der Waals surface area contributed by atoms with Crippen LogP contribution in [0, 0.1) is 17.2 Å². The summed E-state index contributed by atoms with van der Waals surface area (Å²) in [5, 5.41) is 9.18. The Morgan fingerprint density at radius 1 is 1.03 bits per heavy atom. The quantitative estimate of drug-likeness (QED) is 0.681. The molecule has 2 aliphatic heterocycles. The molecule has 2 unspecified atom stereocenters. The first-order valence-electron chi connectivity index (χ1n) is 10.8. The first kappa shape index (κ1) is 23.7. The number of hydrogen-bond donors (Lipinski definition) is 2. The van der Waals surface area contributed by atoms with Crippen LogP contribution in [0.5, 0.6) is 0 Å². The van der Waals surface area contributed by atoms with Crippen LogP contribution in [0.3, 0.4) is 0 Å². The van der Waals surface area contributed by atoms with Crippen molar-refractivity contribution in [2.75, 3.05) is 37.7 Å². The van der Waals surface area contributed by atoms with Crippen molar-refractivity contribution >= 4 is 26.5 Å². The molecule has 1 amide bonds. The van der Waals surface area contributed by atoms with Gasteiger partial charge in [0.2, 0.25) is 15.9 Å². The predicted octanol–water partition coefficient (Wildman–Crippen LogP) is 2.95. The summed E-state index contributed by atoms with van der Waals surface area (Å²) in [6.07, 6.45) is 0.514. The van der Waals surface area contributed by atoms with Crippen LogP contribution in [-0.2, 0) is 14.8 Å². The fourth-order valence-corrected chi connectivity index (χ4v) is 7.29. The molecule has 2 heterocycles. The van der Waals surface area contributed by atoms with Gasteiger partial charge in [0.25, 0.3) is 0 Å². The van der Waals surface area contributed by atoms with E-state index >= 15 is 0 Å². The SMILES string of the molecule is N#Cc1cccc(S(=O)(=O)N2CC(C(=O)N3CCS(O)(O)CC3)CC(c3ccccc3)C2)c1. The fourth-order valence-electron chi connectivity index (χ4n) is 4.48. The molecule has 2 aromatic carbocycles. The van der Waals surface area contributed by atoms with E-state index in [4.69, 9.17) is 0 Å². The maximum absolute atomic E-state index is 13.5. The molecule has 10 heteroatoms. The number of nitriles is 1. The van der Waals surface area contributed by atoms with Gasteiger partial charge in [0.15, 0.2) is 0 Å². The van der Waals surface area contributed by atoms with Gasteiger partial charge in [-0.15, -0.1) is 0 Å². The van der Waals surface area contributed by atoms with E-state index in [-0.39, 0.29) is 60.0 Å². The standard InChI is InChI=1S/C23H27N3O5S2/c24-15-18-5-4-8-22(13-18)33(30,31)26-16-20(19-6-2-1-3-7-19)14-21(17-26)23(27)25-9-11-32(28,29)12-10-25/h1-8,13,20-21,28-29H,9-12,14,16-17H2. The molecule has 0 aliphatic carbocycles. The van der Waals surface area contributed by atoms with Crippen LogP contribution < -0.4 is 0 Å². The van der Waals surface area contributed by atoms with Gasteiger partial charge in [0, 0.05) is 26.2 Å². The third kappa shape index (κ3) is 5.23. The number of carbonyl (C=O) groups is 1. The van der Waals surface area contributed by atoms with Gasteiger partial charge in [-0.25, -0.2) is 8.42 Å². The van der Waals surface area contributed by atoms with E-state index in [2.05, 4.69) is 0 Å². The first-order chi connectivity index (χ1) is 15.7. The summed E-state index contributed by atoms with van der Waals surface area (Å²) < 4.78 is 48.1. The van der Waals surface area contributed by atoms with Crippen LogP contribution in [0.15, 0.2) is 59.5 Å². The Kier molecular flexibility index (Phi) is 6.79. The van der Waals surface area contributed by atoms with Crippen LogP contribution in [-0.4, -0.2) is 70.3 Å². The maximum Gasteiger partial charge on any atom is 0.243 e. The Hall–Kier alpha value is -2.42. The molecule has 33 heavy (non-hydrogen) atoms. The minimum Gasteiger partial charge on any atom is -0.339 e. The van der Waals surface area contributed by atoms with E-state index in [1.165, 1.54) is 16.4 Å². The summed E-state index contributed by atoms with van der Waals surface area (Å²) in [5.74, 6) is -0.560. The highest BCUT2D eigenvalue weighted by molar-refractivity contribution is 8.24. The Balaban J connectivity index is 1.63. The lowest BCUT2D eigenvalue weighted by molar-refractivity contribution is -0.136. The van der Waals surface area contributed by atoms with Crippen molar-refractivity contribution in [3.8, 4) is 6.07 Å². The molecule has 0 saturated carbocycles. The van der Waals surface area contributed by atoms with Crippen LogP contribution in [0.2, 0.25) is 0 Å². The minimum atomic E-state index is -3.92. The molecule has 2 fully saturated rings. The molecule has 8 nitrogen and oxygen atoms in total. The molecule has 0 bridgehead atoms. The number of nitrogens with zero attached hydrogens (tertiary/aromatic N) is 3. The molecule has 2 atom stereocenters. The molecule has 176 valence electrons. The van der Waals surface area contributed by atoms with E-state index in [9.17, 15) is 27.6 Å². The first-order valence-corrected chi connectivity index (χ1v) is 14.1. The number of benzene rings is 2. The van der Waals surface area contributed by atoms with Gasteiger partial charge in [-0.05, 0) is 36.1 Å². The average molecular weight is 490 g/mol. The second-order valence-electron chi connectivity index (χ2n) is 8.54. The molecular weight excluding hydrogens is 462 g/mol. The van der Waals surface area contributed by atoms with Gasteiger partial charge in [-0.3, -0.25) is 13.9 Å². The zero-order valence-electron chi connectivity index (χ0n) is 18.1. The van der Waals surface area contributed by atoms with E-state index in [0.29, 0.717) is 6.42 Å². The molecule has 4 rings (SSSR count). The van der Waals surface area contributed by atoms with Crippen molar-refractivity contribution in [3.63, 3.8) is 0 Å². The van der Waals surface area contributed by atoms with Crippen molar-refractivity contribution in [2.45, 2.75) is 17.2 Å². The summed E-state index contributed by atoms with van der Waals surface area (Å²) in [4.78, 5) is 15.0. The van der Waals surface area contributed by atoms with Gasteiger partial charge in [-0.1, -0.05) is 36.4 Å². The highest BCUT2D eigenvalue weighted by atomic mass is 32.3. The normalized spacial score (nSPS) is 24.6. The van der Waals surface area contributed by atoms with Crippen molar-refractivity contribution in [1.29, 1.82) is 5.26 Å². The Labute approximate surface area is 195 Å². The lowest BCUT2D eigenvalue weighted by Gasteiger charge is -2.43. The molecular formula is C23H27N3O5S2. The lowest BCUT2D eigenvalue weighted by Crippen LogP contribution is -2.51. The average Bonchev–Trinajstić information content (AvgIpc) is 2.84. The van der Waals surface area contributed by atoms with Crippen LogP contribution in [0.25, 0.3) is 0 Å². The highest BCUT2D eigenvalue weighted by Crippen LogP contribution is 2.41. The van der Waals surface area contributed by atoms with Crippen LogP contribution in [0.4, 0.5) is 0 Å². The monoisotopic (exact) mass is 489 g/mol. The van der Waals surface area contributed by atoms with Crippen LogP contribution >= 0.6 is 10.6 Å². The summed E-state index contributed by atoms with van der Waals surface area (Å²) in [5.41, 5.74) is 1.22. The van der Waals surface area contributed by atoms with Crippen molar-refractivity contribution in [2.24, 2.45) is 5.92 Å². The third-order valence-corrected chi connectivity index (χ3v) is 9.83. The number of piperidine rings is 1. The van der Waals surface area contributed by atoms with Gasteiger partial charge < -0.3 is 4.90 Å². The smallest absolute Gasteiger partial charge is 0.243 e. The van der Waals surface area contributed by atoms with E-state index in [1.807, 2.05) is 36.4 Å². The predicted molar refractivity (Wildman–Crippen MR) is 126 cm³/mol. The topological polar surface area (TPSA) is 122 Å². The summed E-state index contributed by atoms with van der Waals surface area (Å²) in [7, 11) is -6.55. The van der Waals surface area contributed by atoms with Gasteiger partial charge in [0.1, 0.15) is 0 Å². The molecule has 2 N–H and O–H groups in total. The van der Waals surface area contributed by atoms with Gasteiger partial charge in [-0.2, -0.15) is 20.2 Å². The Bertz CT molecular complexity index is 1150. The second kappa shape index (κ2) is 9.44. The van der Waals surface area contributed by atoms with Crippen molar-refractivity contribution in [3.05, 3.63) is 65.7 Å². The number of carbonyl (C=O) groups excluding carboxylic acids is 1. The second-order valence-corrected chi connectivity index (χ2v) is 12.9. The molecule has 2 aliphatic rings. The number of amides is 1. The summed E-state index contributed by atoms with van der Waals surface area (Å²) in [6, 6.07) is 17.4. The van der Waals surface area contributed by atoms with Crippen LogP contribution in [0.1, 0.15) is 23.5 Å². The fraction of sp³-hybridized carbons (Fsp3) is 0.391. The van der Waals surface area contributed by atoms with E-state index < -0.39 is 26.5 Å². The number of sulfonamides is 1. The largest absolute Gasteiger partial charge is 0.339 e. The zero-order chi connectivity index (χ0) is 23.6. The zero-order valence-corrected chi connectivity index (χ0v) is 19.7. The molecule has 2 saturated heterocycles. The Morgan fingerprint density at radius 2 is 1.73 bits per heavy atom. The maximum atomic E-state index is 13.5. The number of rotatable bonds is 4. The lowest BCUT2D eigenvalue weighted by atomic mass is 9.85. The third-order valence-electron chi connectivity index (χ3n) is 6.33. The highest BCUT2D eigenvalue weighted by Gasteiger charge is 2.40.